The topological polar surface area (TPSA) is 74.6 Å². The van der Waals surface area contributed by atoms with Crippen LogP contribution in [0.3, 0.4) is 0 Å². The van der Waals surface area contributed by atoms with E-state index in [9.17, 15) is 19.8 Å². The van der Waals surface area contributed by atoms with Crippen LogP contribution < -0.4 is 0 Å². The first-order valence-electron chi connectivity index (χ1n) is 12.8. The lowest BCUT2D eigenvalue weighted by Crippen LogP contribution is -2.11. The van der Waals surface area contributed by atoms with Gasteiger partial charge in [0.2, 0.25) is 0 Å². The van der Waals surface area contributed by atoms with Crippen LogP contribution in [0.1, 0.15) is 95.7 Å². The molecule has 4 rings (SSSR count). The van der Waals surface area contributed by atoms with Gasteiger partial charge in [-0.3, -0.25) is 0 Å². The summed E-state index contributed by atoms with van der Waals surface area (Å²) >= 11 is 0. The highest BCUT2D eigenvalue weighted by Crippen LogP contribution is 2.48. The molecule has 0 spiro atoms. The Labute approximate surface area is 207 Å². The molecule has 1 aliphatic rings. The summed E-state index contributed by atoms with van der Waals surface area (Å²) in [5.74, 6) is -1.59. The van der Waals surface area contributed by atoms with Gasteiger partial charge in [-0.1, -0.05) is 75.6 Å². The highest BCUT2D eigenvalue weighted by atomic mass is 16.4. The predicted molar refractivity (Wildman–Crippen MR) is 140 cm³/mol. The zero-order valence-electron chi connectivity index (χ0n) is 20.6. The minimum absolute atomic E-state index is 0.245. The molecule has 0 aliphatic heterocycles. The average Bonchev–Trinajstić information content (AvgIpc) is 3.41. The number of carboxylic acids is 2. The van der Waals surface area contributed by atoms with Gasteiger partial charge in [0.25, 0.3) is 0 Å². The molecule has 0 amide bonds. The van der Waals surface area contributed by atoms with Gasteiger partial charge >= 0.3 is 11.9 Å². The smallest absolute Gasteiger partial charge is 0.336 e. The summed E-state index contributed by atoms with van der Waals surface area (Å²) in [6.45, 7) is 4.28. The van der Waals surface area contributed by atoms with Gasteiger partial charge in [-0.2, -0.15) is 0 Å². The van der Waals surface area contributed by atoms with Crippen LogP contribution in [0.5, 0.6) is 0 Å². The molecule has 0 aromatic heterocycles. The minimum Gasteiger partial charge on any atom is -0.478 e. The minimum atomic E-state index is -0.974. The highest BCUT2D eigenvalue weighted by Gasteiger charge is 2.30. The predicted octanol–water partition coefficient (Wildman–Crippen LogP) is 7.98. The van der Waals surface area contributed by atoms with Gasteiger partial charge in [-0.05, 0) is 89.1 Å². The van der Waals surface area contributed by atoms with Gasteiger partial charge in [-0.15, -0.1) is 0 Å². The number of aromatic carboxylic acids is 2. The van der Waals surface area contributed by atoms with Crippen molar-refractivity contribution in [3.8, 4) is 22.3 Å². The first-order valence-corrected chi connectivity index (χ1v) is 12.8. The summed E-state index contributed by atoms with van der Waals surface area (Å²) in [7, 11) is 0. The molecule has 0 unspecified atom stereocenters. The van der Waals surface area contributed by atoms with Crippen molar-refractivity contribution in [2.24, 2.45) is 0 Å². The molecule has 0 radical (unpaired) electrons. The monoisotopic (exact) mass is 470 g/mol. The molecule has 3 aromatic carbocycles. The molecule has 4 nitrogen and oxygen atoms in total. The van der Waals surface area contributed by atoms with Crippen LogP contribution in [0.2, 0.25) is 0 Å². The Kier molecular flexibility index (Phi) is 7.70. The molecule has 1 fully saturated rings. The number of hydrogen-bond donors (Lipinski definition) is 2. The van der Waals surface area contributed by atoms with Crippen LogP contribution in [0.4, 0.5) is 0 Å². The molecular weight excluding hydrogens is 436 g/mol. The van der Waals surface area contributed by atoms with E-state index in [0.717, 1.165) is 68.1 Å². The lowest BCUT2D eigenvalue weighted by atomic mass is 9.76. The fraction of sp³-hybridized carbons (Fsp3) is 0.355. The van der Waals surface area contributed by atoms with Crippen LogP contribution in [0.15, 0.2) is 54.6 Å². The maximum atomic E-state index is 12.4. The quantitative estimate of drug-likeness (QED) is 0.332. The Morgan fingerprint density at radius 1 is 0.800 bits per heavy atom. The lowest BCUT2D eigenvalue weighted by Gasteiger charge is -2.27. The molecule has 182 valence electrons. The summed E-state index contributed by atoms with van der Waals surface area (Å²) in [6.07, 6.45) is 8.29. The fourth-order valence-corrected chi connectivity index (χ4v) is 5.71. The van der Waals surface area contributed by atoms with Gasteiger partial charge in [0, 0.05) is 0 Å². The number of aryl methyl sites for hydroxylation is 2. The third-order valence-electron chi connectivity index (χ3n) is 7.33. The summed E-state index contributed by atoms with van der Waals surface area (Å²) in [6, 6.07) is 16.6. The van der Waals surface area contributed by atoms with E-state index >= 15 is 0 Å². The maximum Gasteiger partial charge on any atom is 0.336 e. The van der Waals surface area contributed by atoms with Gasteiger partial charge < -0.3 is 10.2 Å². The Bertz CT molecular complexity index is 1230. The van der Waals surface area contributed by atoms with Gasteiger partial charge in [-0.25, -0.2) is 9.59 Å². The molecule has 1 saturated carbocycles. The normalized spacial score (nSPS) is 13.8. The van der Waals surface area contributed by atoms with Crippen molar-refractivity contribution < 1.29 is 19.8 Å². The molecule has 0 bridgehead atoms. The number of rotatable bonds is 9. The van der Waals surface area contributed by atoms with E-state index in [4.69, 9.17) is 0 Å². The zero-order chi connectivity index (χ0) is 24.9. The van der Waals surface area contributed by atoms with Crippen LogP contribution in [-0.2, 0) is 12.8 Å². The molecule has 35 heavy (non-hydrogen) atoms. The van der Waals surface area contributed by atoms with Crippen molar-refractivity contribution in [2.75, 3.05) is 0 Å². The zero-order valence-corrected chi connectivity index (χ0v) is 20.6. The summed E-state index contributed by atoms with van der Waals surface area (Å²) in [4.78, 5) is 24.6. The van der Waals surface area contributed by atoms with Crippen molar-refractivity contribution >= 4 is 11.9 Å². The fourth-order valence-electron chi connectivity index (χ4n) is 5.71. The van der Waals surface area contributed by atoms with Gasteiger partial charge in [0.1, 0.15) is 0 Å². The Balaban J connectivity index is 2.19. The average molecular weight is 471 g/mol. The van der Waals surface area contributed by atoms with Crippen LogP contribution in [-0.4, -0.2) is 22.2 Å². The SMILES string of the molecule is CCCCc1cc(CC)c(-c2ccccc2C(=O)O)c(-c2ccccc2C(=O)O)c1C1CCCC1. The van der Waals surface area contributed by atoms with E-state index in [1.807, 2.05) is 24.3 Å². The molecule has 0 heterocycles. The maximum absolute atomic E-state index is 12.4. The molecule has 4 heteroatoms. The molecule has 1 aliphatic carbocycles. The number of carboxylic acid groups (broad SMARTS) is 2. The van der Waals surface area contributed by atoms with Crippen molar-refractivity contribution in [2.45, 2.75) is 71.1 Å². The number of unbranched alkanes of at least 4 members (excludes halogenated alkanes) is 1. The molecule has 2 N–H and O–H groups in total. The highest BCUT2D eigenvalue weighted by molar-refractivity contribution is 6.04. The Morgan fingerprint density at radius 2 is 1.34 bits per heavy atom. The van der Waals surface area contributed by atoms with E-state index in [0.29, 0.717) is 17.0 Å². The van der Waals surface area contributed by atoms with E-state index < -0.39 is 11.9 Å². The number of carbonyl (C=O) groups is 2. The van der Waals surface area contributed by atoms with Crippen molar-refractivity contribution in [3.05, 3.63) is 82.4 Å². The molecular formula is C31H34O4. The summed E-state index contributed by atoms with van der Waals surface area (Å²) in [5.41, 5.74) is 7.25. The molecule has 0 saturated heterocycles. The number of hydrogen-bond acceptors (Lipinski definition) is 2. The van der Waals surface area contributed by atoms with E-state index in [1.54, 1.807) is 24.3 Å². The third kappa shape index (κ3) is 4.88. The van der Waals surface area contributed by atoms with Crippen LogP contribution in [0, 0.1) is 0 Å². The lowest BCUT2D eigenvalue weighted by molar-refractivity contribution is 0.0686. The van der Waals surface area contributed by atoms with Crippen LogP contribution >= 0.6 is 0 Å². The van der Waals surface area contributed by atoms with Gasteiger partial charge in [0.05, 0.1) is 11.1 Å². The second-order valence-corrected chi connectivity index (χ2v) is 9.50. The van der Waals surface area contributed by atoms with Crippen LogP contribution in [0.25, 0.3) is 22.3 Å². The Hall–Kier alpha value is -3.40. The van der Waals surface area contributed by atoms with Gasteiger partial charge in [0.15, 0.2) is 0 Å². The first-order chi connectivity index (χ1) is 17.0. The summed E-state index contributed by atoms with van der Waals surface area (Å²) < 4.78 is 0. The van der Waals surface area contributed by atoms with E-state index in [1.165, 1.54) is 11.1 Å². The van der Waals surface area contributed by atoms with Crippen molar-refractivity contribution in [3.63, 3.8) is 0 Å². The van der Waals surface area contributed by atoms with Crippen molar-refractivity contribution in [1.29, 1.82) is 0 Å². The Morgan fingerprint density at radius 3 is 1.86 bits per heavy atom. The standard InChI is InChI=1S/C31H34O4/c1-3-5-12-22-19-20(4-2)28(23-15-8-10-17-25(23)30(32)33)29(27(22)21-13-6-7-14-21)24-16-9-11-18-26(24)31(34)35/h8-11,15-19,21H,3-7,12-14H2,1-2H3,(H,32,33)(H,34,35). The van der Waals surface area contributed by atoms with E-state index in [-0.39, 0.29) is 11.1 Å². The first kappa shape index (κ1) is 24.7. The second kappa shape index (κ2) is 10.9. The summed E-state index contributed by atoms with van der Waals surface area (Å²) in [5, 5.41) is 20.2. The molecule has 3 aromatic rings. The van der Waals surface area contributed by atoms with E-state index in [2.05, 4.69) is 19.9 Å². The largest absolute Gasteiger partial charge is 0.478 e. The number of benzene rings is 3. The van der Waals surface area contributed by atoms with Crippen molar-refractivity contribution in [1.82, 2.24) is 0 Å². The second-order valence-electron chi connectivity index (χ2n) is 9.50. The third-order valence-corrected chi connectivity index (χ3v) is 7.33. The molecule has 0 atom stereocenters.